The number of benzene rings is 1. The summed E-state index contributed by atoms with van der Waals surface area (Å²) in [6.07, 6.45) is 3.42. The second-order valence-electron chi connectivity index (χ2n) is 3.71. The standard InChI is InChI=1S/C12H18BrN/c1-9-6-7-12(13)11(10(9)2)5-3-4-8-14/h6-7H,3-5,8,14H2,1-2H3. The van der Waals surface area contributed by atoms with Crippen molar-refractivity contribution in [3.8, 4) is 0 Å². The summed E-state index contributed by atoms with van der Waals surface area (Å²) in [5.74, 6) is 0. The fourth-order valence-corrected chi connectivity index (χ4v) is 2.22. The number of nitrogens with two attached hydrogens (primary N) is 1. The van der Waals surface area contributed by atoms with Gasteiger partial charge in [0, 0.05) is 4.47 Å². The number of hydrogen-bond acceptors (Lipinski definition) is 1. The molecule has 0 aliphatic heterocycles. The molecule has 2 N–H and O–H groups in total. The molecule has 0 aliphatic rings. The van der Waals surface area contributed by atoms with Crippen molar-refractivity contribution >= 4 is 15.9 Å². The molecule has 0 radical (unpaired) electrons. The molecule has 0 unspecified atom stereocenters. The molecule has 1 aromatic rings. The molecular weight excluding hydrogens is 238 g/mol. The highest BCUT2D eigenvalue weighted by Crippen LogP contribution is 2.24. The summed E-state index contributed by atoms with van der Waals surface area (Å²) in [6.45, 7) is 5.15. The third-order valence-electron chi connectivity index (χ3n) is 2.69. The van der Waals surface area contributed by atoms with Gasteiger partial charge in [-0.2, -0.15) is 0 Å². The van der Waals surface area contributed by atoms with E-state index < -0.39 is 0 Å². The summed E-state index contributed by atoms with van der Waals surface area (Å²) in [5.41, 5.74) is 9.71. The normalized spacial score (nSPS) is 10.6. The highest BCUT2D eigenvalue weighted by Gasteiger charge is 2.05. The van der Waals surface area contributed by atoms with Crippen molar-refractivity contribution < 1.29 is 0 Å². The second-order valence-corrected chi connectivity index (χ2v) is 4.57. The van der Waals surface area contributed by atoms with Crippen molar-refractivity contribution in [2.24, 2.45) is 5.73 Å². The largest absolute Gasteiger partial charge is 0.330 e. The lowest BCUT2D eigenvalue weighted by molar-refractivity contribution is 0.740. The zero-order chi connectivity index (χ0) is 10.6. The van der Waals surface area contributed by atoms with Crippen molar-refractivity contribution in [3.63, 3.8) is 0 Å². The minimum absolute atomic E-state index is 0.794. The van der Waals surface area contributed by atoms with Crippen molar-refractivity contribution in [3.05, 3.63) is 33.3 Å². The molecule has 0 amide bonds. The molecule has 2 heteroatoms. The van der Waals surface area contributed by atoms with Crippen LogP contribution in [0.5, 0.6) is 0 Å². The summed E-state index contributed by atoms with van der Waals surface area (Å²) in [4.78, 5) is 0. The molecule has 0 atom stereocenters. The first-order chi connectivity index (χ1) is 6.66. The second kappa shape index (κ2) is 5.52. The average Bonchev–Trinajstić information content (AvgIpc) is 2.18. The molecule has 1 aromatic carbocycles. The lowest BCUT2D eigenvalue weighted by Crippen LogP contribution is -2.00. The van der Waals surface area contributed by atoms with Gasteiger partial charge in [-0.05, 0) is 62.4 Å². The van der Waals surface area contributed by atoms with Gasteiger partial charge in [-0.1, -0.05) is 22.0 Å². The van der Waals surface area contributed by atoms with E-state index in [2.05, 4.69) is 41.9 Å². The zero-order valence-corrected chi connectivity index (χ0v) is 10.5. The topological polar surface area (TPSA) is 26.0 Å². The number of hydrogen-bond donors (Lipinski definition) is 1. The van der Waals surface area contributed by atoms with Crippen LogP contribution in [0.2, 0.25) is 0 Å². The van der Waals surface area contributed by atoms with Crippen molar-refractivity contribution in [2.45, 2.75) is 33.1 Å². The molecule has 0 aliphatic carbocycles. The Balaban J connectivity index is 2.79. The minimum Gasteiger partial charge on any atom is -0.330 e. The molecule has 0 heterocycles. The molecule has 14 heavy (non-hydrogen) atoms. The van der Waals surface area contributed by atoms with E-state index in [1.807, 2.05) is 0 Å². The molecule has 0 bridgehead atoms. The molecule has 0 saturated carbocycles. The van der Waals surface area contributed by atoms with Gasteiger partial charge in [0.25, 0.3) is 0 Å². The molecule has 0 saturated heterocycles. The number of unbranched alkanes of at least 4 members (excludes halogenated alkanes) is 1. The van der Waals surface area contributed by atoms with Crippen molar-refractivity contribution in [2.75, 3.05) is 6.54 Å². The Morgan fingerprint density at radius 1 is 1.21 bits per heavy atom. The van der Waals surface area contributed by atoms with Gasteiger partial charge in [-0.3, -0.25) is 0 Å². The highest BCUT2D eigenvalue weighted by atomic mass is 79.9. The van der Waals surface area contributed by atoms with Gasteiger partial charge in [-0.15, -0.1) is 0 Å². The Morgan fingerprint density at radius 3 is 2.57 bits per heavy atom. The first-order valence-electron chi connectivity index (χ1n) is 5.11. The first-order valence-corrected chi connectivity index (χ1v) is 5.90. The lowest BCUT2D eigenvalue weighted by Gasteiger charge is -2.10. The smallest absolute Gasteiger partial charge is 0.0210 e. The number of halogens is 1. The van der Waals surface area contributed by atoms with Crippen LogP contribution in [0.25, 0.3) is 0 Å². The molecule has 0 fully saturated rings. The van der Waals surface area contributed by atoms with Crippen LogP contribution in [0.15, 0.2) is 16.6 Å². The van der Waals surface area contributed by atoms with Crippen LogP contribution < -0.4 is 5.73 Å². The summed E-state index contributed by atoms with van der Waals surface area (Å²) in [6, 6.07) is 4.30. The van der Waals surface area contributed by atoms with Crippen LogP contribution in [-0.2, 0) is 6.42 Å². The van der Waals surface area contributed by atoms with E-state index in [9.17, 15) is 0 Å². The van der Waals surface area contributed by atoms with Crippen molar-refractivity contribution in [1.82, 2.24) is 0 Å². The van der Waals surface area contributed by atoms with E-state index in [4.69, 9.17) is 5.73 Å². The molecule has 0 aromatic heterocycles. The minimum atomic E-state index is 0.794. The predicted molar refractivity (Wildman–Crippen MR) is 65.6 cm³/mol. The third kappa shape index (κ3) is 2.82. The Bertz CT molecular complexity index is 307. The van der Waals surface area contributed by atoms with E-state index in [0.717, 1.165) is 19.4 Å². The van der Waals surface area contributed by atoms with E-state index in [1.54, 1.807) is 0 Å². The Labute approximate surface area is 94.8 Å². The maximum Gasteiger partial charge on any atom is 0.0210 e. The highest BCUT2D eigenvalue weighted by molar-refractivity contribution is 9.10. The van der Waals surface area contributed by atoms with E-state index in [1.165, 1.54) is 27.6 Å². The Hall–Kier alpha value is -0.340. The predicted octanol–water partition coefficient (Wildman–Crippen LogP) is 3.35. The van der Waals surface area contributed by atoms with Gasteiger partial charge < -0.3 is 5.73 Å². The van der Waals surface area contributed by atoms with Gasteiger partial charge in [0.05, 0.1) is 0 Å². The SMILES string of the molecule is Cc1ccc(Br)c(CCCCN)c1C. The fourth-order valence-electron chi connectivity index (χ4n) is 1.59. The van der Waals surface area contributed by atoms with Crippen LogP contribution in [0.3, 0.4) is 0 Å². The third-order valence-corrected chi connectivity index (χ3v) is 3.44. The quantitative estimate of drug-likeness (QED) is 0.821. The first kappa shape index (κ1) is 11.7. The lowest BCUT2D eigenvalue weighted by atomic mass is 9.99. The van der Waals surface area contributed by atoms with Crippen LogP contribution in [0.4, 0.5) is 0 Å². The van der Waals surface area contributed by atoms with E-state index in [0.29, 0.717) is 0 Å². The van der Waals surface area contributed by atoms with Crippen LogP contribution in [0.1, 0.15) is 29.5 Å². The fraction of sp³-hybridized carbons (Fsp3) is 0.500. The molecule has 1 rings (SSSR count). The van der Waals surface area contributed by atoms with E-state index in [-0.39, 0.29) is 0 Å². The van der Waals surface area contributed by atoms with Gasteiger partial charge in [0.15, 0.2) is 0 Å². The summed E-state index contributed by atoms with van der Waals surface area (Å²) in [7, 11) is 0. The van der Waals surface area contributed by atoms with Crippen LogP contribution in [-0.4, -0.2) is 6.54 Å². The number of rotatable bonds is 4. The maximum absolute atomic E-state index is 5.49. The van der Waals surface area contributed by atoms with Crippen molar-refractivity contribution in [1.29, 1.82) is 0 Å². The maximum atomic E-state index is 5.49. The number of aryl methyl sites for hydroxylation is 1. The van der Waals surface area contributed by atoms with E-state index >= 15 is 0 Å². The van der Waals surface area contributed by atoms with Gasteiger partial charge in [0.1, 0.15) is 0 Å². The molecule has 0 spiro atoms. The van der Waals surface area contributed by atoms with Crippen LogP contribution in [0, 0.1) is 13.8 Å². The Kier molecular flexibility index (Phi) is 4.63. The Morgan fingerprint density at radius 2 is 1.93 bits per heavy atom. The summed E-state index contributed by atoms with van der Waals surface area (Å²) < 4.78 is 1.23. The molecule has 1 nitrogen and oxygen atoms in total. The zero-order valence-electron chi connectivity index (χ0n) is 8.94. The molecular formula is C12H18BrN. The summed E-state index contributed by atoms with van der Waals surface area (Å²) >= 11 is 3.60. The summed E-state index contributed by atoms with van der Waals surface area (Å²) in [5, 5.41) is 0. The van der Waals surface area contributed by atoms with Crippen LogP contribution >= 0.6 is 15.9 Å². The average molecular weight is 256 g/mol. The van der Waals surface area contributed by atoms with Gasteiger partial charge in [0.2, 0.25) is 0 Å². The van der Waals surface area contributed by atoms with Gasteiger partial charge in [-0.25, -0.2) is 0 Å². The monoisotopic (exact) mass is 255 g/mol. The molecule has 78 valence electrons. The van der Waals surface area contributed by atoms with Gasteiger partial charge >= 0.3 is 0 Å².